The Morgan fingerprint density at radius 2 is 2.28 bits per heavy atom. The second-order valence-electron chi connectivity index (χ2n) is 4.12. The standard InChI is InChI=1S/C13H19ClN2OS/c1-3-6-16-9(2)10-4-5-12(11(14)7-10)18-8-13(15)17/h4-5,7,9,16H,3,6,8H2,1-2H3,(H2,15,17). The zero-order valence-electron chi connectivity index (χ0n) is 10.7. The first kappa shape index (κ1) is 15.3. The van der Waals surface area contributed by atoms with Crippen molar-refractivity contribution in [2.24, 2.45) is 5.73 Å². The third-order valence-corrected chi connectivity index (χ3v) is 4.05. The van der Waals surface area contributed by atoms with Crippen molar-refractivity contribution in [3.63, 3.8) is 0 Å². The number of benzene rings is 1. The first-order chi connectivity index (χ1) is 8.54. The lowest BCUT2D eigenvalue weighted by atomic mass is 10.1. The number of carbonyl (C=O) groups is 1. The van der Waals surface area contributed by atoms with Gasteiger partial charge >= 0.3 is 0 Å². The summed E-state index contributed by atoms with van der Waals surface area (Å²) in [6.45, 7) is 5.23. The maximum Gasteiger partial charge on any atom is 0.227 e. The van der Waals surface area contributed by atoms with Gasteiger partial charge in [-0.2, -0.15) is 0 Å². The summed E-state index contributed by atoms with van der Waals surface area (Å²) in [5, 5.41) is 4.08. The molecule has 18 heavy (non-hydrogen) atoms. The van der Waals surface area contributed by atoms with Crippen LogP contribution in [0.3, 0.4) is 0 Å². The lowest BCUT2D eigenvalue weighted by molar-refractivity contribution is -0.115. The molecule has 0 aromatic heterocycles. The van der Waals surface area contributed by atoms with Crippen LogP contribution < -0.4 is 11.1 Å². The van der Waals surface area contributed by atoms with E-state index in [1.165, 1.54) is 11.8 Å². The fourth-order valence-corrected chi connectivity index (χ4v) is 2.54. The van der Waals surface area contributed by atoms with Gasteiger partial charge in [0.15, 0.2) is 0 Å². The van der Waals surface area contributed by atoms with Crippen LogP contribution in [0.25, 0.3) is 0 Å². The molecule has 100 valence electrons. The van der Waals surface area contributed by atoms with Crippen LogP contribution in [-0.2, 0) is 4.79 Å². The van der Waals surface area contributed by atoms with E-state index < -0.39 is 0 Å². The van der Waals surface area contributed by atoms with E-state index in [-0.39, 0.29) is 17.7 Å². The van der Waals surface area contributed by atoms with Crippen molar-refractivity contribution in [1.29, 1.82) is 0 Å². The summed E-state index contributed by atoms with van der Waals surface area (Å²) in [7, 11) is 0. The number of halogens is 1. The number of hydrogen-bond acceptors (Lipinski definition) is 3. The normalized spacial score (nSPS) is 12.4. The molecule has 0 saturated heterocycles. The van der Waals surface area contributed by atoms with Gasteiger partial charge in [-0.3, -0.25) is 4.79 Å². The van der Waals surface area contributed by atoms with Gasteiger partial charge in [0.1, 0.15) is 0 Å². The maximum atomic E-state index is 10.7. The molecule has 1 rings (SSSR count). The number of nitrogens with one attached hydrogen (secondary N) is 1. The third-order valence-electron chi connectivity index (χ3n) is 2.53. The molecular formula is C13H19ClN2OS. The second-order valence-corrected chi connectivity index (χ2v) is 5.55. The van der Waals surface area contributed by atoms with E-state index in [0.717, 1.165) is 23.4 Å². The summed E-state index contributed by atoms with van der Waals surface area (Å²) in [5.74, 6) is -0.0824. The second kappa shape index (κ2) is 7.67. The predicted octanol–water partition coefficient (Wildman–Crippen LogP) is 2.98. The van der Waals surface area contributed by atoms with Gasteiger partial charge < -0.3 is 11.1 Å². The Balaban J connectivity index is 2.69. The van der Waals surface area contributed by atoms with E-state index in [2.05, 4.69) is 19.2 Å². The van der Waals surface area contributed by atoms with E-state index in [4.69, 9.17) is 17.3 Å². The fraction of sp³-hybridized carbons (Fsp3) is 0.462. The largest absolute Gasteiger partial charge is 0.369 e. The quantitative estimate of drug-likeness (QED) is 0.758. The van der Waals surface area contributed by atoms with Gasteiger partial charge in [0.05, 0.1) is 10.8 Å². The molecule has 0 fully saturated rings. The number of rotatable bonds is 7. The maximum absolute atomic E-state index is 10.7. The van der Waals surface area contributed by atoms with E-state index in [1.54, 1.807) is 0 Å². The highest BCUT2D eigenvalue weighted by Crippen LogP contribution is 2.29. The Hall–Kier alpha value is -0.710. The van der Waals surface area contributed by atoms with Gasteiger partial charge in [-0.25, -0.2) is 0 Å². The van der Waals surface area contributed by atoms with Gasteiger partial charge in [0.25, 0.3) is 0 Å². The molecule has 1 aromatic rings. The Morgan fingerprint density at radius 3 is 2.83 bits per heavy atom. The van der Waals surface area contributed by atoms with Crippen molar-refractivity contribution in [3.05, 3.63) is 28.8 Å². The molecule has 1 atom stereocenters. The molecule has 0 aliphatic heterocycles. The predicted molar refractivity (Wildman–Crippen MR) is 78.1 cm³/mol. The molecule has 0 aliphatic carbocycles. The number of thioether (sulfide) groups is 1. The molecular weight excluding hydrogens is 268 g/mol. The topological polar surface area (TPSA) is 55.1 Å². The van der Waals surface area contributed by atoms with Crippen LogP contribution in [0.1, 0.15) is 31.9 Å². The molecule has 1 aromatic carbocycles. The van der Waals surface area contributed by atoms with Gasteiger partial charge in [0, 0.05) is 10.9 Å². The molecule has 3 N–H and O–H groups in total. The van der Waals surface area contributed by atoms with E-state index in [1.807, 2.05) is 18.2 Å². The molecule has 3 nitrogen and oxygen atoms in total. The van der Waals surface area contributed by atoms with Crippen molar-refractivity contribution in [2.45, 2.75) is 31.2 Å². The van der Waals surface area contributed by atoms with Crippen LogP contribution in [0.2, 0.25) is 5.02 Å². The summed E-state index contributed by atoms with van der Waals surface area (Å²) in [4.78, 5) is 11.6. The zero-order chi connectivity index (χ0) is 13.5. The summed E-state index contributed by atoms with van der Waals surface area (Å²) in [5.41, 5.74) is 6.26. The Labute approximate surface area is 117 Å². The van der Waals surface area contributed by atoms with Gasteiger partial charge in [-0.1, -0.05) is 24.6 Å². The zero-order valence-corrected chi connectivity index (χ0v) is 12.3. The number of amides is 1. The minimum Gasteiger partial charge on any atom is -0.369 e. The summed E-state index contributed by atoms with van der Waals surface area (Å²) in [6.07, 6.45) is 1.10. The number of hydrogen-bond donors (Lipinski definition) is 2. The third kappa shape index (κ3) is 4.88. The van der Waals surface area contributed by atoms with Crippen LogP contribution in [0.4, 0.5) is 0 Å². The summed E-state index contributed by atoms with van der Waals surface area (Å²) in [6, 6.07) is 6.19. The van der Waals surface area contributed by atoms with Crippen molar-refractivity contribution < 1.29 is 4.79 Å². The molecule has 0 saturated carbocycles. The fourth-order valence-electron chi connectivity index (χ4n) is 1.53. The Kier molecular flexibility index (Phi) is 6.54. The number of carbonyl (C=O) groups excluding carboxylic acids is 1. The van der Waals surface area contributed by atoms with Gasteiger partial charge in [0.2, 0.25) is 5.91 Å². The molecule has 0 spiro atoms. The number of nitrogens with two attached hydrogens (primary N) is 1. The van der Waals surface area contributed by atoms with E-state index >= 15 is 0 Å². The van der Waals surface area contributed by atoms with Crippen molar-refractivity contribution >= 4 is 29.3 Å². The van der Waals surface area contributed by atoms with Crippen LogP contribution in [0, 0.1) is 0 Å². The van der Waals surface area contributed by atoms with E-state index in [9.17, 15) is 4.79 Å². The van der Waals surface area contributed by atoms with Crippen molar-refractivity contribution in [3.8, 4) is 0 Å². The highest BCUT2D eigenvalue weighted by molar-refractivity contribution is 8.00. The van der Waals surface area contributed by atoms with Crippen LogP contribution >= 0.6 is 23.4 Å². The lowest BCUT2D eigenvalue weighted by Crippen LogP contribution is -2.19. The summed E-state index contributed by atoms with van der Waals surface area (Å²) < 4.78 is 0. The average Bonchev–Trinajstić information content (AvgIpc) is 2.34. The Morgan fingerprint density at radius 1 is 1.56 bits per heavy atom. The lowest BCUT2D eigenvalue weighted by Gasteiger charge is -2.15. The molecule has 1 amide bonds. The van der Waals surface area contributed by atoms with E-state index in [0.29, 0.717) is 5.02 Å². The molecule has 0 aliphatic rings. The Bertz CT molecular complexity index is 412. The first-order valence-corrected chi connectivity index (χ1v) is 7.35. The van der Waals surface area contributed by atoms with Gasteiger partial charge in [-0.05, 0) is 37.6 Å². The summed E-state index contributed by atoms with van der Waals surface area (Å²) >= 11 is 7.56. The first-order valence-electron chi connectivity index (χ1n) is 5.98. The van der Waals surface area contributed by atoms with Crippen LogP contribution in [0.15, 0.2) is 23.1 Å². The molecule has 1 unspecified atom stereocenters. The van der Waals surface area contributed by atoms with Crippen molar-refractivity contribution in [2.75, 3.05) is 12.3 Å². The smallest absolute Gasteiger partial charge is 0.227 e. The number of primary amides is 1. The highest BCUT2D eigenvalue weighted by atomic mass is 35.5. The monoisotopic (exact) mass is 286 g/mol. The average molecular weight is 287 g/mol. The van der Waals surface area contributed by atoms with Crippen LogP contribution in [0.5, 0.6) is 0 Å². The minimum atomic E-state index is -0.335. The molecule has 0 bridgehead atoms. The molecule has 0 radical (unpaired) electrons. The highest BCUT2D eigenvalue weighted by Gasteiger charge is 2.08. The molecule has 0 heterocycles. The SMILES string of the molecule is CCCNC(C)c1ccc(SCC(N)=O)c(Cl)c1. The van der Waals surface area contributed by atoms with Crippen molar-refractivity contribution in [1.82, 2.24) is 5.32 Å². The minimum absolute atomic E-state index is 0.253. The molecule has 5 heteroatoms. The van der Waals surface area contributed by atoms with Gasteiger partial charge in [-0.15, -0.1) is 11.8 Å². The van der Waals surface area contributed by atoms with Crippen LogP contribution in [-0.4, -0.2) is 18.2 Å².